The van der Waals surface area contributed by atoms with E-state index in [0.717, 1.165) is 0 Å². The van der Waals surface area contributed by atoms with Gasteiger partial charge in [0, 0.05) is 12.2 Å². The van der Waals surface area contributed by atoms with E-state index in [1.54, 1.807) is 24.3 Å². The molecule has 1 saturated heterocycles. The zero-order valence-electron chi connectivity index (χ0n) is 14.0. The first-order chi connectivity index (χ1) is 12.4. The highest BCUT2D eigenvalue weighted by Gasteiger charge is 2.28. The Morgan fingerprint density at radius 3 is 2.58 bits per heavy atom. The molecule has 26 heavy (non-hydrogen) atoms. The van der Waals surface area contributed by atoms with E-state index >= 15 is 0 Å². The summed E-state index contributed by atoms with van der Waals surface area (Å²) >= 11 is 0. The van der Waals surface area contributed by atoms with E-state index in [2.05, 4.69) is 15.0 Å². The SMILES string of the molecule is COC(=O)c1cccc(C(=O)Nc2cccc(N3CCCS3(=O)=O)c2)n1. The lowest BCUT2D eigenvalue weighted by Gasteiger charge is -2.17. The number of nitrogens with one attached hydrogen (secondary N) is 1. The smallest absolute Gasteiger partial charge is 0.356 e. The van der Waals surface area contributed by atoms with Crippen LogP contribution in [0.2, 0.25) is 0 Å². The molecule has 0 saturated carbocycles. The Morgan fingerprint density at radius 1 is 1.15 bits per heavy atom. The van der Waals surface area contributed by atoms with E-state index in [9.17, 15) is 18.0 Å². The zero-order valence-corrected chi connectivity index (χ0v) is 14.8. The molecule has 1 fully saturated rings. The van der Waals surface area contributed by atoms with Gasteiger partial charge in [-0.15, -0.1) is 0 Å². The molecule has 9 heteroatoms. The fourth-order valence-electron chi connectivity index (χ4n) is 2.64. The first-order valence-corrected chi connectivity index (χ1v) is 9.49. The normalized spacial score (nSPS) is 15.5. The van der Waals surface area contributed by atoms with Crippen molar-refractivity contribution in [1.82, 2.24) is 4.98 Å². The molecule has 3 rings (SSSR count). The number of hydrogen-bond donors (Lipinski definition) is 1. The van der Waals surface area contributed by atoms with Crippen molar-refractivity contribution in [3.8, 4) is 0 Å². The van der Waals surface area contributed by atoms with Gasteiger partial charge in [-0.05, 0) is 36.8 Å². The highest BCUT2D eigenvalue weighted by molar-refractivity contribution is 7.93. The van der Waals surface area contributed by atoms with Crippen LogP contribution in [-0.4, -0.2) is 44.7 Å². The number of sulfonamides is 1. The second-order valence-corrected chi connectivity index (χ2v) is 7.66. The maximum atomic E-state index is 12.4. The molecular formula is C17H17N3O5S. The lowest BCUT2D eigenvalue weighted by Crippen LogP contribution is -2.25. The highest BCUT2D eigenvalue weighted by atomic mass is 32.2. The third kappa shape index (κ3) is 3.67. The summed E-state index contributed by atoms with van der Waals surface area (Å²) < 4.78 is 30.0. The van der Waals surface area contributed by atoms with E-state index in [1.165, 1.54) is 29.6 Å². The van der Waals surface area contributed by atoms with Gasteiger partial charge in [-0.1, -0.05) is 12.1 Å². The summed E-state index contributed by atoms with van der Waals surface area (Å²) in [5.74, 6) is -1.04. The Morgan fingerprint density at radius 2 is 1.88 bits per heavy atom. The summed E-state index contributed by atoms with van der Waals surface area (Å²) in [6.45, 7) is 0.419. The Hall–Kier alpha value is -2.94. The number of aromatic nitrogens is 1. The lowest BCUT2D eigenvalue weighted by molar-refractivity contribution is 0.0594. The quantitative estimate of drug-likeness (QED) is 0.815. The van der Waals surface area contributed by atoms with Gasteiger partial charge >= 0.3 is 5.97 Å². The molecule has 0 unspecified atom stereocenters. The van der Waals surface area contributed by atoms with Crippen LogP contribution >= 0.6 is 0 Å². The van der Waals surface area contributed by atoms with Crippen LogP contribution in [0.4, 0.5) is 11.4 Å². The van der Waals surface area contributed by atoms with Gasteiger partial charge in [-0.2, -0.15) is 0 Å². The molecular weight excluding hydrogens is 358 g/mol. The molecule has 1 aromatic heterocycles. The standard InChI is InChI=1S/C17H17N3O5S/c1-25-17(22)15-8-3-7-14(19-15)16(21)18-12-5-2-6-13(11-12)20-9-4-10-26(20,23)24/h2-3,5-8,11H,4,9-10H2,1H3,(H,18,21). The van der Waals surface area contributed by atoms with Gasteiger partial charge in [0.15, 0.2) is 0 Å². The third-order valence-electron chi connectivity index (χ3n) is 3.87. The minimum Gasteiger partial charge on any atom is -0.464 e. The fraction of sp³-hybridized carbons (Fsp3) is 0.235. The van der Waals surface area contributed by atoms with E-state index in [-0.39, 0.29) is 17.1 Å². The number of rotatable bonds is 4. The van der Waals surface area contributed by atoms with Crippen LogP contribution in [0.3, 0.4) is 0 Å². The Bertz CT molecular complexity index is 958. The number of hydrogen-bond acceptors (Lipinski definition) is 6. The maximum Gasteiger partial charge on any atom is 0.356 e. The summed E-state index contributed by atoms with van der Waals surface area (Å²) in [5, 5.41) is 2.66. The fourth-order valence-corrected chi connectivity index (χ4v) is 4.20. The van der Waals surface area contributed by atoms with Crippen LogP contribution in [0.5, 0.6) is 0 Å². The molecule has 8 nitrogen and oxygen atoms in total. The summed E-state index contributed by atoms with van der Waals surface area (Å²) in [6.07, 6.45) is 0.573. The van der Waals surface area contributed by atoms with Crippen LogP contribution in [0.25, 0.3) is 0 Å². The first kappa shape index (κ1) is 17.9. The second-order valence-electron chi connectivity index (χ2n) is 5.65. The van der Waals surface area contributed by atoms with Gasteiger partial charge in [0.25, 0.3) is 5.91 Å². The maximum absolute atomic E-state index is 12.4. The summed E-state index contributed by atoms with van der Waals surface area (Å²) in [5.41, 5.74) is 1.00. The van der Waals surface area contributed by atoms with Crippen molar-refractivity contribution in [2.75, 3.05) is 29.0 Å². The average Bonchev–Trinajstić information content (AvgIpc) is 3.00. The van der Waals surface area contributed by atoms with Crippen LogP contribution in [0.15, 0.2) is 42.5 Å². The molecule has 136 valence electrons. The van der Waals surface area contributed by atoms with Crippen LogP contribution in [0, 0.1) is 0 Å². The molecule has 0 bridgehead atoms. The lowest BCUT2D eigenvalue weighted by atomic mass is 10.2. The average molecular weight is 375 g/mol. The number of benzene rings is 1. The molecule has 2 heterocycles. The van der Waals surface area contributed by atoms with E-state index < -0.39 is 21.9 Å². The zero-order chi connectivity index (χ0) is 18.7. The van der Waals surface area contributed by atoms with Crippen molar-refractivity contribution in [3.05, 3.63) is 53.9 Å². The van der Waals surface area contributed by atoms with Crippen molar-refractivity contribution < 1.29 is 22.7 Å². The second kappa shape index (κ2) is 7.12. The Labute approximate surface area is 150 Å². The number of amides is 1. The number of ether oxygens (including phenoxy) is 1. The van der Waals surface area contributed by atoms with Crippen molar-refractivity contribution in [3.63, 3.8) is 0 Å². The first-order valence-electron chi connectivity index (χ1n) is 7.88. The summed E-state index contributed by atoms with van der Waals surface area (Å²) in [7, 11) is -2.07. The topological polar surface area (TPSA) is 106 Å². The molecule has 1 amide bonds. The molecule has 1 aromatic carbocycles. The third-order valence-corrected chi connectivity index (χ3v) is 5.74. The van der Waals surface area contributed by atoms with E-state index in [4.69, 9.17) is 0 Å². The summed E-state index contributed by atoms with van der Waals surface area (Å²) in [6, 6.07) is 11.0. The van der Waals surface area contributed by atoms with E-state index in [0.29, 0.717) is 24.3 Å². The van der Waals surface area contributed by atoms with Gasteiger partial charge in [0.1, 0.15) is 11.4 Å². The number of anilines is 2. The van der Waals surface area contributed by atoms with E-state index in [1.807, 2.05) is 0 Å². The van der Waals surface area contributed by atoms with Gasteiger partial charge in [-0.25, -0.2) is 18.2 Å². The molecule has 0 aliphatic carbocycles. The van der Waals surface area contributed by atoms with Crippen molar-refractivity contribution in [2.24, 2.45) is 0 Å². The number of nitrogens with zero attached hydrogens (tertiary/aromatic N) is 2. The van der Waals surface area contributed by atoms with Crippen molar-refractivity contribution in [1.29, 1.82) is 0 Å². The molecule has 0 radical (unpaired) electrons. The monoisotopic (exact) mass is 375 g/mol. The molecule has 0 atom stereocenters. The number of pyridine rings is 1. The van der Waals surface area contributed by atoms with Crippen molar-refractivity contribution >= 4 is 33.3 Å². The number of esters is 1. The van der Waals surface area contributed by atoms with Crippen molar-refractivity contribution in [2.45, 2.75) is 6.42 Å². The van der Waals surface area contributed by atoms with Crippen LogP contribution < -0.4 is 9.62 Å². The minimum absolute atomic E-state index is 0.0251. The molecule has 1 aliphatic rings. The number of carbonyl (C=O) groups is 2. The molecule has 2 aromatic rings. The van der Waals surface area contributed by atoms with Gasteiger partial charge in [0.2, 0.25) is 10.0 Å². The van der Waals surface area contributed by atoms with Gasteiger partial charge in [0.05, 0.1) is 18.6 Å². The predicted molar refractivity (Wildman–Crippen MR) is 95.7 cm³/mol. The largest absolute Gasteiger partial charge is 0.464 e. The number of methoxy groups -OCH3 is 1. The summed E-state index contributed by atoms with van der Waals surface area (Å²) in [4.78, 5) is 27.9. The van der Waals surface area contributed by atoms with Crippen LogP contribution in [0.1, 0.15) is 27.4 Å². The van der Waals surface area contributed by atoms with Gasteiger partial charge in [-0.3, -0.25) is 9.10 Å². The molecule has 1 aliphatic heterocycles. The predicted octanol–water partition coefficient (Wildman–Crippen LogP) is 1.66. The Balaban J connectivity index is 1.80. The molecule has 0 spiro atoms. The highest BCUT2D eigenvalue weighted by Crippen LogP contribution is 2.26. The number of carbonyl (C=O) groups excluding carboxylic acids is 2. The van der Waals surface area contributed by atoms with Crippen LogP contribution in [-0.2, 0) is 14.8 Å². The van der Waals surface area contributed by atoms with Gasteiger partial charge < -0.3 is 10.1 Å². The Kier molecular flexibility index (Phi) is 4.90. The minimum atomic E-state index is -3.30. The molecule has 1 N–H and O–H groups in total.